The van der Waals surface area contributed by atoms with E-state index in [0.29, 0.717) is 13.0 Å². The van der Waals surface area contributed by atoms with Crippen molar-refractivity contribution in [2.75, 3.05) is 13.2 Å². The highest BCUT2D eigenvalue weighted by Gasteiger charge is 2.50. The van der Waals surface area contributed by atoms with Crippen LogP contribution in [0.5, 0.6) is 0 Å². The van der Waals surface area contributed by atoms with Crippen molar-refractivity contribution in [3.8, 4) is 0 Å². The Morgan fingerprint density at radius 3 is 2.71 bits per heavy atom. The summed E-state index contributed by atoms with van der Waals surface area (Å²) in [6.45, 7) is 2.37. The largest absolute Gasteiger partial charge is 0.465 e. The lowest BCUT2D eigenvalue weighted by molar-refractivity contribution is -0.161. The minimum Gasteiger partial charge on any atom is -0.465 e. The van der Waals surface area contributed by atoms with Crippen molar-refractivity contribution in [3.05, 3.63) is 60.2 Å². The number of carbonyl (C=O) groups excluding carboxylic acids is 2. The average molecular weight is 326 g/mol. The lowest BCUT2D eigenvalue weighted by atomic mass is 9.78. The first-order chi connectivity index (χ1) is 11.6. The van der Waals surface area contributed by atoms with Crippen molar-refractivity contribution in [1.29, 1.82) is 0 Å². The van der Waals surface area contributed by atoms with E-state index in [1.165, 1.54) is 0 Å². The number of ether oxygens (including phenoxy) is 1. The molecule has 0 spiro atoms. The van der Waals surface area contributed by atoms with E-state index >= 15 is 0 Å². The average Bonchev–Trinajstić information content (AvgIpc) is 2.63. The Morgan fingerprint density at radius 2 is 2.08 bits per heavy atom. The predicted molar refractivity (Wildman–Crippen MR) is 90.8 cm³/mol. The number of benzene rings is 1. The lowest BCUT2D eigenvalue weighted by Gasteiger charge is -2.49. The van der Waals surface area contributed by atoms with E-state index < -0.39 is 11.5 Å². The third-order valence-electron chi connectivity index (χ3n) is 4.66. The fraction of sp³-hybridized carbons (Fsp3) is 0.368. The van der Waals surface area contributed by atoms with Crippen LogP contribution in [-0.2, 0) is 14.3 Å². The molecule has 1 aromatic carbocycles. The van der Waals surface area contributed by atoms with Crippen molar-refractivity contribution in [1.82, 2.24) is 4.90 Å². The first-order valence-corrected chi connectivity index (χ1v) is 8.21. The molecule has 0 bridgehead atoms. The quantitative estimate of drug-likeness (QED) is 0.663. The normalized spacial score (nSPS) is 28.6. The molecule has 126 valence electrons. The van der Waals surface area contributed by atoms with Gasteiger partial charge in [-0.15, -0.1) is 0 Å². The first-order valence-electron chi connectivity index (χ1n) is 8.21. The summed E-state index contributed by atoms with van der Waals surface area (Å²) in [6.07, 6.45) is 8.02. The first kappa shape index (κ1) is 16.5. The van der Waals surface area contributed by atoms with Crippen LogP contribution in [0.1, 0.15) is 24.9 Å². The highest BCUT2D eigenvalue weighted by molar-refractivity contribution is 5.91. The molecular formula is C19H22N2O3. The molecule has 5 heteroatoms. The van der Waals surface area contributed by atoms with Crippen LogP contribution in [-0.4, -0.2) is 36.0 Å². The van der Waals surface area contributed by atoms with E-state index in [0.717, 1.165) is 5.56 Å². The second-order valence-electron chi connectivity index (χ2n) is 6.22. The third kappa shape index (κ3) is 2.76. The molecule has 3 atom stereocenters. The number of nitrogens with two attached hydrogens (primary N) is 1. The van der Waals surface area contributed by atoms with Crippen LogP contribution in [0, 0.1) is 5.41 Å². The number of nitrogens with zero attached hydrogens (tertiary/aromatic N) is 1. The van der Waals surface area contributed by atoms with Gasteiger partial charge in [0.25, 0.3) is 0 Å². The number of hydrogen-bond donors (Lipinski definition) is 1. The van der Waals surface area contributed by atoms with E-state index in [-0.39, 0.29) is 24.5 Å². The van der Waals surface area contributed by atoms with Crippen LogP contribution in [0.15, 0.2) is 54.6 Å². The summed E-state index contributed by atoms with van der Waals surface area (Å²) < 4.78 is 5.26. The fourth-order valence-electron chi connectivity index (χ4n) is 3.37. The van der Waals surface area contributed by atoms with Crippen LogP contribution < -0.4 is 5.73 Å². The number of esters is 1. The highest BCUT2D eigenvalue weighted by atomic mass is 16.5. The third-order valence-corrected chi connectivity index (χ3v) is 4.66. The number of hydrogen-bond acceptors (Lipinski definition) is 4. The molecule has 1 fully saturated rings. The number of amides is 1. The zero-order valence-electron chi connectivity index (χ0n) is 13.7. The Labute approximate surface area is 141 Å². The second-order valence-corrected chi connectivity index (χ2v) is 6.22. The minimum atomic E-state index is -0.840. The zero-order chi connectivity index (χ0) is 17.2. The van der Waals surface area contributed by atoms with Crippen LogP contribution in [0.25, 0.3) is 0 Å². The van der Waals surface area contributed by atoms with Gasteiger partial charge in [-0.3, -0.25) is 9.59 Å². The van der Waals surface area contributed by atoms with E-state index in [9.17, 15) is 9.59 Å². The van der Waals surface area contributed by atoms with Gasteiger partial charge in [-0.1, -0.05) is 54.6 Å². The summed E-state index contributed by atoms with van der Waals surface area (Å²) in [5.41, 5.74) is 6.18. The Kier molecular flexibility index (Phi) is 4.53. The molecular weight excluding hydrogens is 304 g/mol. The number of carbonyl (C=O) groups is 2. The van der Waals surface area contributed by atoms with Crippen molar-refractivity contribution < 1.29 is 14.3 Å². The molecule has 0 saturated carbocycles. The topological polar surface area (TPSA) is 72.6 Å². The molecule has 1 saturated heterocycles. The van der Waals surface area contributed by atoms with Gasteiger partial charge in [0.1, 0.15) is 11.5 Å². The minimum absolute atomic E-state index is 0.129. The number of β-lactam (4-membered cyclic amide) rings is 1. The van der Waals surface area contributed by atoms with Gasteiger partial charge in [0.2, 0.25) is 5.91 Å². The molecule has 1 aliphatic heterocycles. The van der Waals surface area contributed by atoms with Gasteiger partial charge >= 0.3 is 5.97 Å². The molecule has 0 aromatic heterocycles. The summed E-state index contributed by atoms with van der Waals surface area (Å²) >= 11 is 0. The lowest BCUT2D eigenvalue weighted by Crippen LogP contribution is -2.65. The number of allylic oxidation sites excluding steroid dienone is 3. The van der Waals surface area contributed by atoms with Gasteiger partial charge in [-0.2, -0.15) is 0 Å². The standard InChI is InChI=1S/C19H22N2O3/c1-2-24-18(23)19(11-7-4-8-12-19)13-21-16(15(20)17(21)22)14-9-5-3-6-10-14/h3-11,15-16H,2,12-13,20H2,1H3. The van der Waals surface area contributed by atoms with Gasteiger partial charge in [0, 0.05) is 6.54 Å². The molecule has 1 aromatic rings. The van der Waals surface area contributed by atoms with Gasteiger partial charge in [-0.05, 0) is 18.9 Å². The van der Waals surface area contributed by atoms with Crippen molar-refractivity contribution in [2.45, 2.75) is 25.4 Å². The Hall–Kier alpha value is -2.40. The Bertz CT molecular complexity index is 683. The predicted octanol–water partition coefficient (Wildman–Crippen LogP) is 1.96. The van der Waals surface area contributed by atoms with Crippen molar-refractivity contribution in [3.63, 3.8) is 0 Å². The van der Waals surface area contributed by atoms with Crippen LogP contribution >= 0.6 is 0 Å². The molecule has 1 aliphatic carbocycles. The van der Waals surface area contributed by atoms with Crippen molar-refractivity contribution in [2.24, 2.45) is 11.1 Å². The highest BCUT2D eigenvalue weighted by Crippen LogP contribution is 2.39. The van der Waals surface area contributed by atoms with Gasteiger partial charge < -0.3 is 15.4 Å². The summed E-state index contributed by atoms with van der Waals surface area (Å²) in [5, 5.41) is 0. The van der Waals surface area contributed by atoms with E-state index in [2.05, 4.69) is 0 Å². The molecule has 1 heterocycles. The summed E-state index contributed by atoms with van der Waals surface area (Å²) in [4.78, 5) is 26.6. The maximum absolute atomic E-state index is 12.6. The van der Waals surface area contributed by atoms with Gasteiger partial charge in [-0.25, -0.2) is 0 Å². The molecule has 2 aliphatic rings. The molecule has 3 unspecified atom stereocenters. The van der Waals surface area contributed by atoms with E-state index in [1.807, 2.05) is 54.6 Å². The number of rotatable bonds is 5. The Morgan fingerprint density at radius 1 is 1.33 bits per heavy atom. The molecule has 5 nitrogen and oxygen atoms in total. The molecule has 0 radical (unpaired) electrons. The Balaban J connectivity index is 1.86. The summed E-state index contributed by atoms with van der Waals surface area (Å²) in [6, 6.07) is 8.92. The van der Waals surface area contributed by atoms with Gasteiger partial charge in [0.15, 0.2) is 0 Å². The van der Waals surface area contributed by atoms with Crippen LogP contribution in [0.3, 0.4) is 0 Å². The fourth-order valence-corrected chi connectivity index (χ4v) is 3.37. The van der Waals surface area contributed by atoms with Crippen molar-refractivity contribution >= 4 is 11.9 Å². The molecule has 2 N–H and O–H groups in total. The summed E-state index contributed by atoms with van der Waals surface area (Å²) in [7, 11) is 0. The van der Waals surface area contributed by atoms with E-state index in [1.54, 1.807) is 11.8 Å². The summed E-state index contributed by atoms with van der Waals surface area (Å²) in [5.74, 6) is -0.429. The molecule has 24 heavy (non-hydrogen) atoms. The van der Waals surface area contributed by atoms with E-state index in [4.69, 9.17) is 10.5 Å². The maximum Gasteiger partial charge on any atom is 0.318 e. The van der Waals surface area contributed by atoms with Crippen LogP contribution in [0.2, 0.25) is 0 Å². The molecule has 3 rings (SSSR count). The number of likely N-dealkylation sites (tertiary alicyclic amines) is 1. The zero-order valence-corrected chi connectivity index (χ0v) is 13.7. The maximum atomic E-state index is 12.6. The van der Waals surface area contributed by atoms with Gasteiger partial charge in [0.05, 0.1) is 12.6 Å². The monoisotopic (exact) mass is 326 g/mol. The molecule has 1 amide bonds. The SMILES string of the molecule is CCOC(=O)C1(CN2C(=O)C(N)C2c2ccccc2)C=CC=CC1. The smallest absolute Gasteiger partial charge is 0.318 e. The van der Waals surface area contributed by atoms with Crippen LogP contribution in [0.4, 0.5) is 0 Å². The second kappa shape index (κ2) is 6.61.